The van der Waals surface area contributed by atoms with Gasteiger partial charge in [0.25, 0.3) is 0 Å². The Morgan fingerprint density at radius 1 is 1.03 bits per heavy atom. The first-order valence-electron chi connectivity index (χ1n) is 14.4. The summed E-state index contributed by atoms with van der Waals surface area (Å²) in [5, 5.41) is 11.4. The number of Topliss-reactive ketones (excluding diaryl/α,β-unsaturated/α-hetero) is 1. The molecule has 8 rings (SSSR count). The number of carbonyl (C=O) groups is 1. The highest BCUT2D eigenvalue weighted by atomic mass is 16.6. The number of ketones is 1. The molecule has 0 aromatic heterocycles. The Labute approximate surface area is 220 Å². The molecule has 4 heteroatoms. The van der Waals surface area contributed by atoms with Crippen LogP contribution < -0.4 is 9.47 Å². The van der Waals surface area contributed by atoms with Crippen molar-refractivity contribution in [3.8, 4) is 11.5 Å². The molecule has 196 valence electrons. The summed E-state index contributed by atoms with van der Waals surface area (Å²) in [5.41, 5.74) is 5.72. The molecule has 6 atom stereocenters. The Morgan fingerprint density at radius 3 is 2.68 bits per heavy atom. The minimum absolute atomic E-state index is 0.158. The largest absolute Gasteiger partial charge is 0.486 e. The van der Waals surface area contributed by atoms with Gasteiger partial charge in [-0.25, -0.2) is 0 Å². The number of carbonyl (C=O) groups excluding carboxylic acids is 1. The molecule has 0 radical (unpaired) electrons. The molecule has 4 saturated carbocycles. The topological polar surface area (TPSA) is 55.8 Å². The fraction of sp³-hybridized carbons (Fsp3) is 0.606. The van der Waals surface area contributed by atoms with Crippen LogP contribution in [0.4, 0.5) is 0 Å². The molecule has 6 unspecified atom stereocenters. The van der Waals surface area contributed by atoms with Crippen molar-refractivity contribution < 1.29 is 19.4 Å². The van der Waals surface area contributed by atoms with Crippen LogP contribution in [0.25, 0.3) is 0 Å². The van der Waals surface area contributed by atoms with E-state index in [4.69, 9.17) is 9.47 Å². The van der Waals surface area contributed by atoms with Crippen molar-refractivity contribution in [3.63, 3.8) is 0 Å². The summed E-state index contributed by atoms with van der Waals surface area (Å²) in [6.07, 6.45) is 9.89. The summed E-state index contributed by atoms with van der Waals surface area (Å²) in [6.45, 7) is 6.14. The molecule has 5 aliphatic carbocycles. The maximum Gasteiger partial charge on any atom is 0.161 e. The van der Waals surface area contributed by atoms with E-state index in [-0.39, 0.29) is 11.3 Å². The zero-order valence-electron chi connectivity index (χ0n) is 22.4. The minimum atomic E-state index is -0.508. The number of aliphatic hydroxyl groups is 1. The summed E-state index contributed by atoms with van der Waals surface area (Å²) < 4.78 is 11.4. The van der Waals surface area contributed by atoms with Crippen LogP contribution in [0.1, 0.15) is 87.2 Å². The third-order valence-electron chi connectivity index (χ3n) is 10.7. The van der Waals surface area contributed by atoms with Crippen LogP contribution in [0, 0.1) is 28.1 Å². The van der Waals surface area contributed by atoms with Gasteiger partial charge in [-0.1, -0.05) is 38.1 Å². The summed E-state index contributed by atoms with van der Waals surface area (Å²) in [5.74, 6) is 2.99. The Morgan fingerprint density at radius 2 is 1.86 bits per heavy atom. The van der Waals surface area contributed by atoms with Gasteiger partial charge in [-0.05, 0) is 114 Å². The lowest BCUT2D eigenvalue weighted by Crippen LogP contribution is -2.37. The van der Waals surface area contributed by atoms with Crippen molar-refractivity contribution in [2.75, 3.05) is 13.2 Å². The molecule has 6 aliphatic rings. The van der Waals surface area contributed by atoms with Gasteiger partial charge in [0, 0.05) is 12.8 Å². The molecule has 2 aromatic rings. The number of hydrogen-bond acceptors (Lipinski definition) is 4. The second-order valence-corrected chi connectivity index (χ2v) is 13.9. The van der Waals surface area contributed by atoms with Gasteiger partial charge in [0.15, 0.2) is 11.5 Å². The molecular weight excluding hydrogens is 460 g/mol. The second-order valence-electron chi connectivity index (χ2n) is 13.9. The smallest absolute Gasteiger partial charge is 0.161 e. The van der Waals surface area contributed by atoms with Gasteiger partial charge in [-0.15, -0.1) is 0 Å². The standard InChI is InChI=1S/C33H40O4/c1-31-15-24-16-33(19-31,20-32(24,2)18-31)17-25(34)14-22-4-3-5-27-26(22)8-7-23(30(27)35)12-21-6-9-28-29(13-21)37-11-10-36-28/h3-6,9,13,23-24,30,35H,7-8,10-12,14-20H2,1-2H3. The molecule has 4 fully saturated rings. The highest BCUT2D eigenvalue weighted by Crippen LogP contribution is 2.75. The van der Waals surface area contributed by atoms with Gasteiger partial charge in [-0.2, -0.15) is 0 Å². The van der Waals surface area contributed by atoms with E-state index in [1.165, 1.54) is 43.2 Å². The van der Waals surface area contributed by atoms with Crippen LogP contribution in [0.15, 0.2) is 36.4 Å². The number of ether oxygens (including phenoxy) is 2. The summed E-state index contributed by atoms with van der Waals surface area (Å²) in [4.78, 5) is 13.5. The van der Waals surface area contributed by atoms with Crippen LogP contribution in [0.2, 0.25) is 0 Å². The van der Waals surface area contributed by atoms with E-state index in [9.17, 15) is 9.90 Å². The fourth-order valence-electron chi connectivity index (χ4n) is 9.95. The minimum Gasteiger partial charge on any atom is -0.486 e. The fourth-order valence-corrected chi connectivity index (χ4v) is 9.95. The van der Waals surface area contributed by atoms with Gasteiger partial charge in [0.05, 0.1) is 6.10 Å². The van der Waals surface area contributed by atoms with Gasteiger partial charge in [-0.3, -0.25) is 4.79 Å². The predicted octanol–water partition coefficient (Wildman–Crippen LogP) is 6.40. The lowest BCUT2D eigenvalue weighted by Gasteiger charge is -2.45. The first-order valence-corrected chi connectivity index (χ1v) is 14.4. The lowest BCUT2D eigenvalue weighted by molar-refractivity contribution is -0.122. The molecule has 37 heavy (non-hydrogen) atoms. The van der Waals surface area contributed by atoms with E-state index in [1.807, 2.05) is 12.1 Å². The third-order valence-corrected chi connectivity index (χ3v) is 10.7. The molecule has 2 aromatic carbocycles. The zero-order valence-corrected chi connectivity index (χ0v) is 22.4. The molecule has 0 saturated heterocycles. The van der Waals surface area contributed by atoms with Crippen molar-refractivity contribution in [2.45, 2.75) is 84.2 Å². The van der Waals surface area contributed by atoms with Gasteiger partial charge < -0.3 is 14.6 Å². The van der Waals surface area contributed by atoms with Crippen LogP contribution >= 0.6 is 0 Å². The molecular formula is C33H40O4. The highest BCUT2D eigenvalue weighted by Gasteiger charge is 2.65. The Hall–Kier alpha value is -2.33. The quantitative estimate of drug-likeness (QED) is 0.498. The van der Waals surface area contributed by atoms with E-state index < -0.39 is 6.10 Å². The average molecular weight is 501 g/mol. The normalized spacial score (nSPS) is 37.0. The first kappa shape index (κ1) is 23.8. The van der Waals surface area contributed by atoms with E-state index in [0.29, 0.717) is 36.2 Å². The molecule has 0 spiro atoms. The third kappa shape index (κ3) is 4.02. The summed E-state index contributed by atoms with van der Waals surface area (Å²) in [7, 11) is 0. The number of fused-ring (bicyclic) bond motifs is 2. The van der Waals surface area contributed by atoms with Gasteiger partial charge in [0.1, 0.15) is 19.0 Å². The molecule has 4 bridgehead atoms. The average Bonchev–Trinajstić information content (AvgIpc) is 3.16. The number of benzene rings is 2. The molecule has 1 aliphatic heterocycles. The predicted molar refractivity (Wildman–Crippen MR) is 143 cm³/mol. The van der Waals surface area contributed by atoms with Crippen molar-refractivity contribution in [1.82, 2.24) is 0 Å². The van der Waals surface area contributed by atoms with E-state index >= 15 is 0 Å². The van der Waals surface area contributed by atoms with Gasteiger partial charge in [0.2, 0.25) is 0 Å². The molecule has 4 nitrogen and oxygen atoms in total. The van der Waals surface area contributed by atoms with Crippen LogP contribution in [0.5, 0.6) is 11.5 Å². The number of rotatable bonds is 6. The molecule has 1 heterocycles. The van der Waals surface area contributed by atoms with E-state index in [0.717, 1.165) is 54.2 Å². The number of aliphatic hydroxyl groups excluding tert-OH is 1. The Bertz CT molecular complexity index is 1250. The van der Waals surface area contributed by atoms with E-state index in [2.05, 4.69) is 38.1 Å². The molecule has 0 amide bonds. The number of hydrogen-bond donors (Lipinski definition) is 1. The first-order chi connectivity index (χ1) is 17.7. The van der Waals surface area contributed by atoms with Crippen molar-refractivity contribution in [3.05, 3.63) is 58.7 Å². The van der Waals surface area contributed by atoms with Crippen molar-refractivity contribution in [2.24, 2.45) is 28.1 Å². The van der Waals surface area contributed by atoms with Gasteiger partial charge >= 0.3 is 0 Å². The van der Waals surface area contributed by atoms with Crippen LogP contribution in [-0.2, 0) is 24.1 Å². The SMILES string of the molecule is CC12CC3CC(CC(=O)Cc4cccc5c4CCC(Cc4ccc6c(c4)OCCO6)C5O)(C1)CC3(C)C2. The Balaban J connectivity index is 1.05. The van der Waals surface area contributed by atoms with Crippen LogP contribution in [0.3, 0.4) is 0 Å². The summed E-state index contributed by atoms with van der Waals surface area (Å²) in [6, 6.07) is 12.4. The zero-order chi connectivity index (χ0) is 25.4. The van der Waals surface area contributed by atoms with Crippen molar-refractivity contribution in [1.29, 1.82) is 0 Å². The maximum atomic E-state index is 13.5. The van der Waals surface area contributed by atoms with Crippen LogP contribution in [-0.4, -0.2) is 24.1 Å². The Kier molecular flexibility index (Phi) is 5.35. The lowest BCUT2D eigenvalue weighted by atomic mass is 9.59. The maximum absolute atomic E-state index is 13.5. The molecule has 1 N–H and O–H groups in total. The monoisotopic (exact) mass is 500 g/mol. The summed E-state index contributed by atoms with van der Waals surface area (Å²) >= 11 is 0. The van der Waals surface area contributed by atoms with Crippen molar-refractivity contribution >= 4 is 5.78 Å². The second kappa shape index (κ2) is 8.33. The highest BCUT2D eigenvalue weighted by molar-refractivity contribution is 5.82. The van der Waals surface area contributed by atoms with E-state index in [1.54, 1.807) is 0 Å².